The number of furan rings is 1. The van der Waals surface area contributed by atoms with Gasteiger partial charge in [0.25, 0.3) is 0 Å². The first-order valence-electron chi connectivity index (χ1n) is 26.5. The molecule has 0 radical (unpaired) electrons. The summed E-state index contributed by atoms with van der Waals surface area (Å²) in [6, 6.07) is 110. The summed E-state index contributed by atoms with van der Waals surface area (Å²) in [7, 11) is -2.44. The topological polar surface area (TPSA) is 23.0 Å². The summed E-state index contributed by atoms with van der Waals surface area (Å²) in [5.74, 6) is 0. The number of benzene rings is 12. The minimum atomic E-state index is -0.834. The van der Waals surface area contributed by atoms with Crippen molar-refractivity contribution in [1.82, 2.24) is 9.13 Å². The number of hydrogen-bond acceptors (Lipinski definition) is 1. The molecule has 0 N–H and O–H groups in total. The Kier molecular flexibility index (Phi) is 11.8. The van der Waals surface area contributed by atoms with Gasteiger partial charge in [-0.15, -0.1) is 0 Å². The summed E-state index contributed by atoms with van der Waals surface area (Å²) in [6.07, 6.45) is 0. The Morgan fingerprint density at radius 3 is 0.821 bits per heavy atom. The van der Waals surface area contributed by atoms with Gasteiger partial charge in [0.05, 0.1) is 22.1 Å². The highest BCUT2D eigenvalue weighted by Crippen LogP contribution is 2.43. The highest BCUT2D eigenvalue weighted by atomic mass is 31.1. The van der Waals surface area contributed by atoms with Crippen LogP contribution in [0.25, 0.3) is 76.9 Å². The second-order valence-corrected chi connectivity index (χ2v) is 26.4. The number of para-hydroxylation sites is 1. The summed E-state index contributed by atoms with van der Waals surface area (Å²) in [5, 5.41) is 19.2. The quantitative estimate of drug-likeness (QED) is 0.118. The van der Waals surface area contributed by atoms with Crippen LogP contribution in [0, 0.1) is 0 Å². The average Bonchev–Trinajstić information content (AvgIpc) is 4.33. The summed E-state index contributed by atoms with van der Waals surface area (Å²) in [6.45, 7) is 0. The zero-order valence-corrected chi connectivity index (χ0v) is 45.1. The van der Waals surface area contributed by atoms with Crippen molar-refractivity contribution in [2.45, 2.75) is 0 Å². The molecule has 0 spiro atoms. The molecule has 3 nitrogen and oxygen atoms in total. The second-order valence-electron chi connectivity index (χ2n) is 19.8. The second kappa shape index (κ2) is 19.7. The Bertz CT molecular complexity index is 4410. The molecule has 0 aliphatic carbocycles. The Morgan fingerprint density at radius 2 is 0.487 bits per heavy atom. The smallest absolute Gasteiger partial charge is 0.135 e. The highest BCUT2D eigenvalue weighted by molar-refractivity contribution is 7.80. The van der Waals surface area contributed by atoms with Crippen molar-refractivity contribution in [3.63, 3.8) is 0 Å². The predicted molar refractivity (Wildman–Crippen MR) is 339 cm³/mol. The third-order valence-corrected chi connectivity index (χ3v) is 22.5. The summed E-state index contributed by atoms with van der Waals surface area (Å²) in [4.78, 5) is 0. The van der Waals surface area contributed by atoms with E-state index in [0.717, 1.165) is 33.3 Å². The van der Waals surface area contributed by atoms with Gasteiger partial charge >= 0.3 is 0 Å². The minimum absolute atomic E-state index is 0.769. The van der Waals surface area contributed by atoms with Crippen LogP contribution in [0.5, 0.6) is 0 Å². The Hall–Kier alpha value is -8.67. The summed E-state index contributed by atoms with van der Waals surface area (Å²) < 4.78 is 11.6. The van der Waals surface area contributed by atoms with Crippen molar-refractivity contribution in [3.8, 4) is 11.4 Å². The number of nitrogens with zero attached hydrogens (tertiary/aromatic N) is 2. The molecule has 3 aromatic heterocycles. The van der Waals surface area contributed by atoms with Crippen molar-refractivity contribution in [2.24, 2.45) is 0 Å². The van der Waals surface area contributed by atoms with Gasteiger partial charge in [0.2, 0.25) is 0 Å². The molecule has 0 atom stereocenters. The van der Waals surface area contributed by atoms with Gasteiger partial charge in [0.15, 0.2) is 0 Å². The molecule has 368 valence electrons. The molecule has 0 aliphatic rings. The van der Waals surface area contributed by atoms with Crippen molar-refractivity contribution in [1.29, 1.82) is 0 Å². The van der Waals surface area contributed by atoms with Crippen molar-refractivity contribution in [3.05, 3.63) is 297 Å². The van der Waals surface area contributed by atoms with E-state index in [1.807, 2.05) is 0 Å². The van der Waals surface area contributed by atoms with Crippen LogP contribution >= 0.6 is 23.8 Å². The van der Waals surface area contributed by atoms with Crippen LogP contribution < -0.4 is 47.7 Å². The molecule has 78 heavy (non-hydrogen) atoms. The fourth-order valence-corrected chi connectivity index (χ4v) is 18.7. The number of aromatic nitrogens is 2. The lowest BCUT2D eigenvalue weighted by atomic mass is 10.1. The molecule has 0 amide bonds. The first-order valence-corrected chi connectivity index (χ1v) is 30.5. The molecular weight excluding hydrogens is 1000 g/mol. The van der Waals surface area contributed by atoms with E-state index in [9.17, 15) is 0 Å². The molecular formula is C72H49N2OP3. The van der Waals surface area contributed by atoms with Gasteiger partial charge in [0, 0.05) is 43.7 Å². The van der Waals surface area contributed by atoms with Crippen LogP contribution in [-0.4, -0.2) is 9.13 Å². The SMILES string of the molecule is c1ccc(P(c2ccccc2)c2ccc3c(c2)c2ccccc2n3-c2ccc3oc4ccc(-n5c6ccc(P(c7ccccc7)c7ccccc7)cc6c6cc(P(c7ccccc7)c7ccccc7)ccc65)cc4c3c2)cc1. The zero-order chi connectivity index (χ0) is 51.5. The molecule has 0 fully saturated rings. The van der Waals surface area contributed by atoms with Crippen LogP contribution in [-0.2, 0) is 0 Å². The molecule has 0 unspecified atom stereocenters. The molecule has 0 saturated carbocycles. The van der Waals surface area contributed by atoms with Crippen LogP contribution in [0.15, 0.2) is 302 Å². The number of fused-ring (bicyclic) bond motifs is 9. The summed E-state index contributed by atoms with van der Waals surface area (Å²) >= 11 is 0. The van der Waals surface area contributed by atoms with E-state index in [4.69, 9.17) is 4.42 Å². The standard InChI is InChI=1S/C72H49N2OP3/c1-7-21-52(22-8-1)76(53-23-9-2-10-24-53)58-37-40-68-62(47-58)61-33-19-20-34-67(61)73(68)50-35-43-71-65(45-50)66-46-51(36-44-72(66)75-71)74-69-41-38-59(77(54-25-11-3-12-26-54)55-27-13-4-14-28-55)48-63(69)64-49-60(39-42-70(64)74)78(56-29-15-5-16-30-56)57-31-17-6-18-32-57/h1-49H. The largest absolute Gasteiger partial charge is 0.456 e. The van der Waals surface area contributed by atoms with E-state index in [-0.39, 0.29) is 0 Å². The van der Waals surface area contributed by atoms with Crippen LogP contribution in [0.1, 0.15) is 0 Å². The maximum Gasteiger partial charge on any atom is 0.135 e. The van der Waals surface area contributed by atoms with E-state index in [0.29, 0.717) is 0 Å². The summed E-state index contributed by atoms with van der Waals surface area (Å²) in [5.41, 5.74) is 8.63. The third kappa shape index (κ3) is 8.09. The van der Waals surface area contributed by atoms with E-state index >= 15 is 0 Å². The normalized spacial score (nSPS) is 11.9. The maximum absolute atomic E-state index is 6.71. The van der Waals surface area contributed by atoms with Crippen LogP contribution in [0.2, 0.25) is 0 Å². The van der Waals surface area contributed by atoms with Gasteiger partial charge in [-0.05, 0) is 150 Å². The average molecular weight is 1050 g/mol. The van der Waals surface area contributed by atoms with E-state index in [1.54, 1.807) is 0 Å². The monoisotopic (exact) mass is 1050 g/mol. The lowest BCUT2D eigenvalue weighted by Crippen LogP contribution is -2.20. The van der Waals surface area contributed by atoms with Gasteiger partial charge in [-0.3, -0.25) is 0 Å². The van der Waals surface area contributed by atoms with E-state index in [2.05, 4.69) is 306 Å². The molecule has 0 saturated heterocycles. The molecule has 6 heteroatoms. The van der Waals surface area contributed by atoms with Gasteiger partial charge in [-0.2, -0.15) is 0 Å². The molecule has 15 aromatic rings. The van der Waals surface area contributed by atoms with Gasteiger partial charge in [-0.25, -0.2) is 0 Å². The fourth-order valence-electron chi connectivity index (χ4n) is 11.8. The Labute approximate surface area is 456 Å². The first kappa shape index (κ1) is 46.6. The minimum Gasteiger partial charge on any atom is -0.456 e. The molecule has 12 aromatic carbocycles. The third-order valence-electron chi connectivity index (χ3n) is 15.2. The van der Waals surface area contributed by atoms with Crippen molar-refractivity contribution < 1.29 is 4.42 Å². The molecule has 0 bridgehead atoms. The van der Waals surface area contributed by atoms with Crippen LogP contribution in [0.3, 0.4) is 0 Å². The highest BCUT2D eigenvalue weighted by Gasteiger charge is 2.24. The van der Waals surface area contributed by atoms with Gasteiger partial charge in [-0.1, -0.05) is 218 Å². The maximum atomic E-state index is 6.71. The zero-order valence-electron chi connectivity index (χ0n) is 42.4. The molecule has 15 rings (SSSR count). The Morgan fingerprint density at radius 1 is 0.205 bits per heavy atom. The lowest BCUT2D eigenvalue weighted by molar-refractivity contribution is 0.669. The Balaban J connectivity index is 0.907. The van der Waals surface area contributed by atoms with Crippen LogP contribution in [0.4, 0.5) is 0 Å². The number of rotatable bonds is 11. The van der Waals surface area contributed by atoms with Crippen molar-refractivity contribution >= 4 is 137 Å². The molecule has 0 aliphatic heterocycles. The van der Waals surface area contributed by atoms with E-state index in [1.165, 1.54) is 91.4 Å². The predicted octanol–water partition coefficient (Wildman–Crippen LogP) is 15.1. The molecule has 3 heterocycles. The van der Waals surface area contributed by atoms with E-state index < -0.39 is 23.8 Å². The van der Waals surface area contributed by atoms with Crippen molar-refractivity contribution in [2.75, 3.05) is 0 Å². The number of hydrogen-bond donors (Lipinski definition) is 0. The van der Waals surface area contributed by atoms with Gasteiger partial charge < -0.3 is 13.6 Å². The fraction of sp³-hybridized carbons (Fsp3) is 0. The first-order chi connectivity index (χ1) is 38.7. The van der Waals surface area contributed by atoms with Gasteiger partial charge in [0.1, 0.15) is 11.2 Å². The lowest BCUT2D eigenvalue weighted by Gasteiger charge is -2.20.